The van der Waals surface area contributed by atoms with E-state index in [-0.39, 0.29) is 15.4 Å². The van der Waals surface area contributed by atoms with Crippen molar-refractivity contribution in [3.8, 4) is 0 Å². The standard InChI is InChI=1S/C12H12O4S2/c1-2-17-7-9-6-8-4-3-5-10(12(13)14)11(8)18(9,15)16/h3-6H,2,7H2,1H3,(H,13,14). The molecule has 6 heteroatoms. The quantitative estimate of drug-likeness (QED) is 0.918. The molecule has 0 saturated carbocycles. The lowest BCUT2D eigenvalue weighted by molar-refractivity contribution is 0.0692. The second-order valence-corrected chi connectivity index (χ2v) is 6.99. The number of thioether (sulfide) groups is 1. The van der Waals surface area contributed by atoms with Gasteiger partial charge in [0.25, 0.3) is 0 Å². The number of carboxylic acid groups (broad SMARTS) is 1. The Labute approximate surface area is 110 Å². The molecule has 18 heavy (non-hydrogen) atoms. The fourth-order valence-corrected chi connectivity index (χ4v) is 4.63. The van der Waals surface area contributed by atoms with Gasteiger partial charge in [-0.2, -0.15) is 11.8 Å². The number of carbonyl (C=O) groups is 1. The molecule has 0 bridgehead atoms. The van der Waals surface area contributed by atoms with E-state index < -0.39 is 15.8 Å². The summed E-state index contributed by atoms with van der Waals surface area (Å²) in [6.45, 7) is 1.95. The Morgan fingerprint density at radius 2 is 2.11 bits per heavy atom. The molecule has 0 unspecified atom stereocenters. The van der Waals surface area contributed by atoms with E-state index in [1.54, 1.807) is 18.2 Å². The zero-order valence-corrected chi connectivity index (χ0v) is 11.3. The maximum atomic E-state index is 12.3. The highest BCUT2D eigenvalue weighted by atomic mass is 32.2. The zero-order valence-electron chi connectivity index (χ0n) is 9.71. The molecule has 0 spiro atoms. The van der Waals surface area contributed by atoms with Crippen molar-refractivity contribution in [1.29, 1.82) is 0 Å². The van der Waals surface area contributed by atoms with Gasteiger partial charge in [-0.3, -0.25) is 0 Å². The molecule has 1 aromatic carbocycles. The molecule has 96 valence electrons. The lowest BCUT2D eigenvalue weighted by Crippen LogP contribution is -2.09. The van der Waals surface area contributed by atoms with E-state index in [2.05, 4.69) is 0 Å². The van der Waals surface area contributed by atoms with Crippen molar-refractivity contribution in [3.05, 3.63) is 34.2 Å². The first-order chi connectivity index (χ1) is 8.48. The van der Waals surface area contributed by atoms with Crippen molar-refractivity contribution >= 4 is 33.6 Å². The molecule has 1 heterocycles. The molecule has 1 N–H and O–H groups in total. The number of fused-ring (bicyclic) bond motifs is 1. The van der Waals surface area contributed by atoms with Crippen LogP contribution in [0.3, 0.4) is 0 Å². The highest BCUT2D eigenvalue weighted by Crippen LogP contribution is 2.36. The van der Waals surface area contributed by atoms with Crippen molar-refractivity contribution in [2.45, 2.75) is 11.8 Å². The Morgan fingerprint density at radius 1 is 1.39 bits per heavy atom. The molecular formula is C12H12O4S2. The van der Waals surface area contributed by atoms with Crippen LogP contribution in [0.15, 0.2) is 28.0 Å². The first-order valence-corrected chi connectivity index (χ1v) is 8.02. The van der Waals surface area contributed by atoms with Gasteiger partial charge in [0.1, 0.15) is 0 Å². The van der Waals surface area contributed by atoms with Crippen molar-refractivity contribution < 1.29 is 18.3 Å². The van der Waals surface area contributed by atoms with Crippen LogP contribution < -0.4 is 0 Å². The molecule has 0 aromatic heterocycles. The number of sulfone groups is 1. The van der Waals surface area contributed by atoms with E-state index >= 15 is 0 Å². The van der Waals surface area contributed by atoms with Crippen molar-refractivity contribution in [2.75, 3.05) is 11.5 Å². The maximum Gasteiger partial charge on any atom is 0.337 e. The Bertz CT molecular complexity index is 629. The topological polar surface area (TPSA) is 71.4 Å². The first kappa shape index (κ1) is 13.2. The van der Waals surface area contributed by atoms with Gasteiger partial charge in [0, 0.05) is 5.75 Å². The second-order valence-electron chi connectivity index (χ2n) is 3.78. The zero-order chi connectivity index (χ0) is 13.3. The van der Waals surface area contributed by atoms with Gasteiger partial charge in [-0.1, -0.05) is 19.1 Å². The molecule has 1 aliphatic heterocycles. The summed E-state index contributed by atoms with van der Waals surface area (Å²) < 4.78 is 24.5. The highest BCUT2D eigenvalue weighted by molar-refractivity contribution is 8.02. The molecule has 0 fully saturated rings. The van der Waals surface area contributed by atoms with Crippen molar-refractivity contribution in [2.24, 2.45) is 0 Å². The monoisotopic (exact) mass is 284 g/mol. The largest absolute Gasteiger partial charge is 0.478 e. The maximum absolute atomic E-state index is 12.3. The summed E-state index contributed by atoms with van der Waals surface area (Å²) in [5, 5.41) is 9.05. The minimum absolute atomic E-state index is 0.0656. The van der Waals surface area contributed by atoms with E-state index in [0.717, 1.165) is 5.75 Å². The molecular weight excluding hydrogens is 272 g/mol. The van der Waals surface area contributed by atoms with Crippen LogP contribution in [-0.4, -0.2) is 31.0 Å². The van der Waals surface area contributed by atoms with Crippen LogP contribution in [-0.2, 0) is 9.84 Å². The predicted octanol–water partition coefficient (Wildman–Crippen LogP) is 2.27. The molecule has 1 aliphatic rings. The number of hydrogen-bond donors (Lipinski definition) is 1. The third kappa shape index (κ3) is 2.06. The SMILES string of the molecule is CCSCC1=Cc2cccc(C(=O)O)c2S1(=O)=O. The summed E-state index contributed by atoms with van der Waals surface area (Å²) in [6.07, 6.45) is 1.57. The normalized spacial score (nSPS) is 16.2. The van der Waals surface area contributed by atoms with Gasteiger partial charge in [0.15, 0.2) is 0 Å². The summed E-state index contributed by atoms with van der Waals surface area (Å²) >= 11 is 1.50. The van der Waals surface area contributed by atoms with Crippen LogP contribution in [0, 0.1) is 0 Å². The Balaban J connectivity index is 2.55. The summed E-state index contributed by atoms with van der Waals surface area (Å²) in [5.74, 6) is -0.0186. The molecule has 4 nitrogen and oxygen atoms in total. The van der Waals surface area contributed by atoms with Crippen LogP contribution in [0.2, 0.25) is 0 Å². The van der Waals surface area contributed by atoms with Gasteiger partial charge in [0.05, 0.1) is 15.4 Å². The number of carboxylic acids is 1. The Morgan fingerprint density at radius 3 is 2.72 bits per heavy atom. The van der Waals surface area contributed by atoms with E-state index in [1.807, 2.05) is 6.92 Å². The molecule has 0 radical (unpaired) electrons. The highest BCUT2D eigenvalue weighted by Gasteiger charge is 2.33. The fourth-order valence-electron chi connectivity index (χ4n) is 1.84. The van der Waals surface area contributed by atoms with Crippen LogP contribution in [0.5, 0.6) is 0 Å². The third-order valence-electron chi connectivity index (χ3n) is 2.65. The molecule has 0 atom stereocenters. The van der Waals surface area contributed by atoms with Gasteiger partial charge in [-0.15, -0.1) is 0 Å². The Kier molecular flexibility index (Phi) is 3.49. The third-order valence-corrected chi connectivity index (χ3v) is 5.71. The van der Waals surface area contributed by atoms with Gasteiger partial charge in [-0.05, 0) is 23.5 Å². The second kappa shape index (κ2) is 4.78. The summed E-state index contributed by atoms with van der Waals surface area (Å²) in [4.78, 5) is 11.3. The van der Waals surface area contributed by atoms with Crippen LogP contribution in [0.1, 0.15) is 22.8 Å². The van der Waals surface area contributed by atoms with Gasteiger partial charge < -0.3 is 5.11 Å². The van der Waals surface area contributed by atoms with Crippen molar-refractivity contribution in [1.82, 2.24) is 0 Å². The summed E-state index contributed by atoms with van der Waals surface area (Å²) in [6, 6.07) is 4.51. The minimum Gasteiger partial charge on any atom is -0.478 e. The average molecular weight is 284 g/mol. The van der Waals surface area contributed by atoms with Crippen LogP contribution in [0.25, 0.3) is 6.08 Å². The number of aromatic carboxylic acids is 1. The van der Waals surface area contributed by atoms with Crippen LogP contribution in [0.4, 0.5) is 0 Å². The van der Waals surface area contributed by atoms with Gasteiger partial charge in [-0.25, -0.2) is 13.2 Å². The molecule has 0 amide bonds. The molecule has 2 rings (SSSR count). The predicted molar refractivity (Wildman–Crippen MR) is 71.6 cm³/mol. The number of hydrogen-bond acceptors (Lipinski definition) is 4. The van der Waals surface area contributed by atoms with E-state index in [1.165, 1.54) is 17.8 Å². The van der Waals surface area contributed by atoms with Crippen molar-refractivity contribution in [3.63, 3.8) is 0 Å². The lowest BCUT2D eigenvalue weighted by atomic mass is 10.1. The smallest absolute Gasteiger partial charge is 0.337 e. The fraction of sp³-hybridized carbons (Fsp3) is 0.250. The van der Waals surface area contributed by atoms with E-state index in [9.17, 15) is 13.2 Å². The summed E-state index contributed by atoms with van der Waals surface area (Å²) in [7, 11) is -3.63. The molecule has 0 saturated heterocycles. The van der Waals surface area contributed by atoms with Gasteiger partial charge >= 0.3 is 5.97 Å². The molecule has 1 aromatic rings. The van der Waals surface area contributed by atoms with E-state index in [0.29, 0.717) is 11.3 Å². The van der Waals surface area contributed by atoms with Crippen LogP contribution >= 0.6 is 11.8 Å². The number of rotatable bonds is 4. The Hall–Kier alpha value is -1.27. The summed E-state index contributed by atoms with van der Waals surface area (Å²) in [5.41, 5.74) is 0.321. The molecule has 0 aliphatic carbocycles. The lowest BCUT2D eigenvalue weighted by Gasteiger charge is -2.05. The minimum atomic E-state index is -3.63. The average Bonchev–Trinajstić information content (AvgIpc) is 2.58. The first-order valence-electron chi connectivity index (χ1n) is 5.38. The number of benzene rings is 1. The van der Waals surface area contributed by atoms with E-state index in [4.69, 9.17) is 5.11 Å². The van der Waals surface area contributed by atoms with Gasteiger partial charge in [0.2, 0.25) is 9.84 Å².